The van der Waals surface area contributed by atoms with Crippen LogP contribution >= 0.6 is 0 Å². The maximum atomic E-state index is 10.5. The molecule has 4 heteroatoms. The number of hydrogen-bond donors (Lipinski definition) is 1. The molecule has 0 bridgehead atoms. The van der Waals surface area contributed by atoms with Crippen molar-refractivity contribution in [2.24, 2.45) is 0 Å². The molecular weight excluding hydrogens is 172 g/mol. The van der Waals surface area contributed by atoms with Crippen LogP contribution in [0.15, 0.2) is 0 Å². The van der Waals surface area contributed by atoms with Crippen molar-refractivity contribution in [3.8, 4) is 0 Å². The van der Waals surface area contributed by atoms with Crippen LogP contribution in [0.5, 0.6) is 0 Å². The maximum absolute atomic E-state index is 10.5. The van der Waals surface area contributed by atoms with Crippen LogP contribution in [-0.4, -0.2) is 36.0 Å². The minimum atomic E-state index is -0.559. The molecule has 0 saturated carbocycles. The Hall–Kier alpha value is -0.610. The van der Waals surface area contributed by atoms with Gasteiger partial charge in [0.2, 0.25) is 0 Å². The van der Waals surface area contributed by atoms with Crippen LogP contribution in [0.2, 0.25) is 0 Å². The molecule has 0 fully saturated rings. The van der Waals surface area contributed by atoms with E-state index >= 15 is 0 Å². The first-order valence-corrected chi connectivity index (χ1v) is 4.27. The van der Waals surface area contributed by atoms with E-state index in [1.165, 1.54) is 6.92 Å². The molecule has 0 rings (SSSR count). The molecule has 4 nitrogen and oxygen atoms in total. The smallest absolute Gasteiger partial charge is 0.303 e. The SMILES string of the molecule is CC(=O)OC(CO)COC(C)(C)C. The average molecular weight is 190 g/mol. The van der Waals surface area contributed by atoms with Crippen LogP contribution in [0.4, 0.5) is 0 Å². The van der Waals surface area contributed by atoms with Crippen molar-refractivity contribution in [3.63, 3.8) is 0 Å². The van der Waals surface area contributed by atoms with E-state index in [0.29, 0.717) is 0 Å². The molecule has 1 unspecified atom stereocenters. The minimum Gasteiger partial charge on any atom is -0.458 e. The summed E-state index contributed by atoms with van der Waals surface area (Å²) in [6, 6.07) is 0. The normalized spacial score (nSPS) is 13.9. The molecule has 0 radical (unpaired) electrons. The number of aliphatic hydroxyl groups excluding tert-OH is 1. The zero-order chi connectivity index (χ0) is 10.5. The van der Waals surface area contributed by atoms with Gasteiger partial charge in [-0.25, -0.2) is 0 Å². The first-order valence-electron chi connectivity index (χ1n) is 4.27. The summed E-state index contributed by atoms with van der Waals surface area (Å²) < 4.78 is 10.1. The minimum absolute atomic E-state index is 0.213. The number of aliphatic hydroxyl groups is 1. The molecule has 0 aromatic heterocycles. The number of carbonyl (C=O) groups excluding carboxylic acids is 1. The number of rotatable bonds is 4. The second kappa shape index (κ2) is 5.19. The number of esters is 1. The van der Waals surface area contributed by atoms with Crippen molar-refractivity contribution in [2.45, 2.75) is 39.4 Å². The summed E-state index contributed by atoms with van der Waals surface area (Å²) in [7, 11) is 0. The predicted molar refractivity (Wildman–Crippen MR) is 48.3 cm³/mol. The Morgan fingerprint density at radius 2 is 2.00 bits per heavy atom. The molecule has 13 heavy (non-hydrogen) atoms. The highest BCUT2D eigenvalue weighted by molar-refractivity contribution is 5.66. The first kappa shape index (κ1) is 12.4. The van der Waals surface area contributed by atoms with Gasteiger partial charge < -0.3 is 14.6 Å². The van der Waals surface area contributed by atoms with Crippen LogP contribution in [0, 0.1) is 0 Å². The quantitative estimate of drug-likeness (QED) is 0.664. The predicted octanol–water partition coefficient (Wildman–Crippen LogP) is 0.725. The van der Waals surface area contributed by atoms with Gasteiger partial charge in [0.25, 0.3) is 0 Å². The van der Waals surface area contributed by atoms with Gasteiger partial charge in [-0.1, -0.05) is 0 Å². The fourth-order valence-corrected chi connectivity index (χ4v) is 0.702. The number of hydrogen-bond acceptors (Lipinski definition) is 4. The van der Waals surface area contributed by atoms with Crippen LogP contribution in [0.25, 0.3) is 0 Å². The average Bonchev–Trinajstić information content (AvgIpc) is 1.95. The summed E-state index contributed by atoms with van der Waals surface area (Å²) in [5.41, 5.74) is -0.284. The first-order chi connectivity index (χ1) is 5.85. The van der Waals surface area contributed by atoms with Crippen molar-refractivity contribution < 1.29 is 19.4 Å². The van der Waals surface area contributed by atoms with Crippen molar-refractivity contribution in [3.05, 3.63) is 0 Å². The highest BCUT2D eigenvalue weighted by atomic mass is 16.6. The molecular formula is C9H18O4. The van der Waals surface area contributed by atoms with Crippen LogP contribution in [0.3, 0.4) is 0 Å². The van der Waals surface area contributed by atoms with Gasteiger partial charge in [-0.2, -0.15) is 0 Å². The Kier molecular flexibility index (Phi) is 4.95. The molecule has 0 amide bonds. The van der Waals surface area contributed by atoms with Gasteiger partial charge in [0.15, 0.2) is 0 Å². The second-order valence-electron chi connectivity index (χ2n) is 3.84. The van der Waals surface area contributed by atoms with Crippen LogP contribution in [-0.2, 0) is 14.3 Å². The zero-order valence-corrected chi connectivity index (χ0v) is 8.66. The fourth-order valence-electron chi connectivity index (χ4n) is 0.702. The molecule has 0 aromatic rings. The number of ether oxygens (including phenoxy) is 2. The largest absolute Gasteiger partial charge is 0.458 e. The third-order valence-corrected chi connectivity index (χ3v) is 1.24. The van der Waals surface area contributed by atoms with E-state index in [0.717, 1.165) is 0 Å². The highest BCUT2D eigenvalue weighted by Gasteiger charge is 2.16. The van der Waals surface area contributed by atoms with E-state index in [1.54, 1.807) is 0 Å². The lowest BCUT2D eigenvalue weighted by molar-refractivity contribution is -0.155. The Morgan fingerprint density at radius 1 is 1.46 bits per heavy atom. The van der Waals surface area contributed by atoms with Crippen molar-refractivity contribution in [1.82, 2.24) is 0 Å². The molecule has 0 heterocycles. The molecule has 0 aliphatic rings. The van der Waals surface area contributed by atoms with E-state index in [1.807, 2.05) is 20.8 Å². The molecule has 1 atom stereocenters. The van der Waals surface area contributed by atoms with Crippen LogP contribution < -0.4 is 0 Å². The van der Waals surface area contributed by atoms with Gasteiger partial charge in [0.05, 0.1) is 18.8 Å². The van der Waals surface area contributed by atoms with E-state index in [4.69, 9.17) is 14.6 Å². The summed E-state index contributed by atoms with van der Waals surface area (Å²) in [5.74, 6) is -0.406. The highest BCUT2D eigenvalue weighted by Crippen LogP contribution is 2.08. The van der Waals surface area contributed by atoms with Crippen molar-refractivity contribution in [2.75, 3.05) is 13.2 Å². The van der Waals surface area contributed by atoms with Crippen LogP contribution in [0.1, 0.15) is 27.7 Å². The molecule has 1 N–H and O–H groups in total. The third-order valence-electron chi connectivity index (χ3n) is 1.24. The third kappa shape index (κ3) is 7.74. The standard InChI is InChI=1S/C9H18O4/c1-7(11)13-8(5-10)6-12-9(2,3)4/h8,10H,5-6H2,1-4H3. The molecule has 0 aromatic carbocycles. The molecule has 0 saturated heterocycles. The van der Waals surface area contributed by atoms with Gasteiger partial charge in [0.1, 0.15) is 6.10 Å². The monoisotopic (exact) mass is 190 g/mol. The van der Waals surface area contributed by atoms with Gasteiger partial charge in [-0.05, 0) is 20.8 Å². The van der Waals surface area contributed by atoms with Gasteiger partial charge in [0, 0.05) is 6.92 Å². The van der Waals surface area contributed by atoms with Crippen molar-refractivity contribution in [1.29, 1.82) is 0 Å². The molecule has 0 aliphatic carbocycles. The maximum Gasteiger partial charge on any atom is 0.303 e. The van der Waals surface area contributed by atoms with Gasteiger partial charge in [-0.15, -0.1) is 0 Å². The van der Waals surface area contributed by atoms with Gasteiger partial charge in [-0.3, -0.25) is 4.79 Å². The molecule has 0 spiro atoms. The lowest BCUT2D eigenvalue weighted by atomic mass is 10.2. The second-order valence-corrected chi connectivity index (χ2v) is 3.84. The summed E-state index contributed by atoms with van der Waals surface area (Å²) in [6.07, 6.45) is -0.559. The molecule has 78 valence electrons. The van der Waals surface area contributed by atoms with E-state index in [2.05, 4.69) is 0 Å². The lowest BCUT2D eigenvalue weighted by Crippen LogP contribution is -2.31. The van der Waals surface area contributed by atoms with E-state index in [-0.39, 0.29) is 18.8 Å². The Balaban J connectivity index is 3.79. The lowest BCUT2D eigenvalue weighted by Gasteiger charge is -2.23. The summed E-state index contributed by atoms with van der Waals surface area (Å²) in [5, 5.41) is 8.81. The fraction of sp³-hybridized carbons (Fsp3) is 0.889. The molecule has 0 aliphatic heterocycles. The Morgan fingerprint density at radius 3 is 2.31 bits per heavy atom. The van der Waals surface area contributed by atoms with E-state index < -0.39 is 12.1 Å². The van der Waals surface area contributed by atoms with E-state index in [9.17, 15) is 4.79 Å². The summed E-state index contributed by atoms with van der Waals surface area (Å²) in [6.45, 7) is 7.01. The summed E-state index contributed by atoms with van der Waals surface area (Å²) in [4.78, 5) is 10.5. The summed E-state index contributed by atoms with van der Waals surface area (Å²) >= 11 is 0. The Bertz CT molecular complexity index is 159. The topological polar surface area (TPSA) is 55.8 Å². The zero-order valence-electron chi connectivity index (χ0n) is 8.66. The number of carbonyl (C=O) groups is 1. The Labute approximate surface area is 78.8 Å². The van der Waals surface area contributed by atoms with Gasteiger partial charge >= 0.3 is 5.97 Å². The van der Waals surface area contributed by atoms with Crippen molar-refractivity contribution >= 4 is 5.97 Å².